The number of para-hydroxylation sites is 1. The number of carbonyl (C=O) groups is 3. The molecule has 1 heterocycles. The van der Waals surface area contributed by atoms with Crippen molar-refractivity contribution in [1.82, 2.24) is 10.2 Å². The van der Waals surface area contributed by atoms with Crippen LogP contribution >= 0.6 is 0 Å². The molecule has 168 valence electrons. The molecule has 1 fully saturated rings. The first kappa shape index (κ1) is 22.3. The minimum absolute atomic E-state index is 0.135. The number of urea groups is 1. The fraction of sp³-hybridized carbons (Fsp3) is 0.222. The van der Waals surface area contributed by atoms with E-state index in [1.54, 1.807) is 4.90 Å². The monoisotopic (exact) mass is 441 g/mol. The molecule has 0 radical (unpaired) electrons. The van der Waals surface area contributed by atoms with Crippen molar-refractivity contribution in [3.8, 4) is 0 Å². The predicted molar refractivity (Wildman–Crippen MR) is 128 cm³/mol. The lowest BCUT2D eigenvalue weighted by Crippen LogP contribution is -2.48. The van der Waals surface area contributed by atoms with Gasteiger partial charge in [0, 0.05) is 18.2 Å². The Morgan fingerprint density at radius 2 is 1.42 bits per heavy atom. The first-order chi connectivity index (χ1) is 15.9. The number of anilines is 1. The second-order valence-corrected chi connectivity index (χ2v) is 8.45. The van der Waals surface area contributed by atoms with Crippen LogP contribution in [0.5, 0.6) is 0 Å². The van der Waals surface area contributed by atoms with Crippen LogP contribution < -0.4 is 10.2 Å². The Hall–Kier alpha value is -3.93. The van der Waals surface area contributed by atoms with Crippen molar-refractivity contribution in [1.29, 1.82) is 0 Å². The van der Waals surface area contributed by atoms with Gasteiger partial charge < -0.3 is 10.2 Å². The van der Waals surface area contributed by atoms with Gasteiger partial charge in [0.05, 0.1) is 0 Å². The van der Waals surface area contributed by atoms with Gasteiger partial charge in [0.15, 0.2) is 5.54 Å². The Labute approximate surface area is 193 Å². The van der Waals surface area contributed by atoms with E-state index >= 15 is 0 Å². The number of rotatable bonds is 7. The largest absolute Gasteiger partial charge is 0.325 e. The minimum Gasteiger partial charge on any atom is -0.319 e. The van der Waals surface area contributed by atoms with E-state index in [9.17, 15) is 14.4 Å². The summed E-state index contributed by atoms with van der Waals surface area (Å²) in [5, 5.41) is 2.91. The van der Waals surface area contributed by atoms with Gasteiger partial charge in [-0.25, -0.2) is 4.79 Å². The maximum atomic E-state index is 13.8. The summed E-state index contributed by atoms with van der Waals surface area (Å²) in [6, 6.07) is 27.3. The van der Waals surface area contributed by atoms with E-state index in [4.69, 9.17) is 0 Å². The number of carbonyl (C=O) groups excluding carboxylic acids is 3. The topological polar surface area (TPSA) is 69.7 Å². The van der Waals surface area contributed by atoms with Crippen LogP contribution in [-0.2, 0) is 21.5 Å². The predicted octanol–water partition coefficient (Wildman–Crippen LogP) is 4.12. The number of imide groups is 1. The standard InChI is InChI=1S/C27H27N3O3/c1-20(2)30(23-16-10-5-11-17-23)24(31)19-29-25(32)27(28-26(29)33,22-14-8-4-9-15-22)18-21-12-6-3-7-13-21/h3-17,20H,18-19H2,1-2H3,(H,28,33)/t27-/m1/s1. The zero-order valence-electron chi connectivity index (χ0n) is 18.8. The number of nitrogens with one attached hydrogen (secondary N) is 1. The van der Waals surface area contributed by atoms with Gasteiger partial charge in [-0.15, -0.1) is 0 Å². The third-order valence-electron chi connectivity index (χ3n) is 5.87. The molecule has 1 saturated heterocycles. The molecule has 3 aromatic rings. The van der Waals surface area contributed by atoms with Crippen LogP contribution in [-0.4, -0.2) is 35.3 Å². The van der Waals surface area contributed by atoms with Crippen molar-refractivity contribution in [2.45, 2.75) is 31.8 Å². The number of nitrogens with zero attached hydrogens (tertiary/aromatic N) is 2. The van der Waals surface area contributed by atoms with E-state index in [1.165, 1.54) is 0 Å². The van der Waals surface area contributed by atoms with Gasteiger partial charge in [-0.2, -0.15) is 0 Å². The Kier molecular flexibility index (Phi) is 6.27. The van der Waals surface area contributed by atoms with Gasteiger partial charge in [0.1, 0.15) is 6.54 Å². The highest BCUT2D eigenvalue weighted by Crippen LogP contribution is 2.33. The molecule has 0 bridgehead atoms. The Balaban J connectivity index is 1.66. The summed E-state index contributed by atoms with van der Waals surface area (Å²) in [5.74, 6) is -0.740. The minimum atomic E-state index is -1.27. The Morgan fingerprint density at radius 3 is 2.00 bits per heavy atom. The van der Waals surface area contributed by atoms with Crippen LogP contribution in [0.1, 0.15) is 25.0 Å². The molecule has 4 amide bonds. The van der Waals surface area contributed by atoms with Gasteiger partial charge in [-0.3, -0.25) is 14.5 Å². The fourth-order valence-electron chi connectivity index (χ4n) is 4.34. The van der Waals surface area contributed by atoms with Gasteiger partial charge in [0.2, 0.25) is 5.91 Å². The molecule has 6 nitrogen and oxygen atoms in total. The van der Waals surface area contributed by atoms with Crippen molar-refractivity contribution < 1.29 is 14.4 Å². The highest BCUT2D eigenvalue weighted by atomic mass is 16.2. The SMILES string of the molecule is CC(C)N(C(=O)CN1C(=O)N[C@](Cc2ccccc2)(c2ccccc2)C1=O)c1ccccc1. The lowest BCUT2D eigenvalue weighted by Gasteiger charge is -2.29. The molecule has 0 spiro atoms. The number of benzene rings is 3. The lowest BCUT2D eigenvalue weighted by atomic mass is 9.83. The Bertz CT molecular complexity index is 1130. The molecule has 0 aromatic heterocycles. The molecular weight excluding hydrogens is 414 g/mol. The lowest BCUT2D eigenvalue weighted by molar-refractivity contribution is -0.134. The maximum Gasteiger partial charge on any atom is 0.325 e. The van der Waals surface area contributed by atoms with Crippen LogP contribution in [0.4, 0.5) is 10.5 Å². The van der Waals surface area contributed by atoms with Crippen molar-refractivity contribution in [2.24, 2.45) is 0 Å². The van der Waals surface area contributed by atoms with Gasteiger partial charge in [-0.05, 0) is 37.1 Å². The number of hydrogen-bond donors (Lipinski definition) is 1. The van der Waals surface area contributed by atoms with Crippen LogP contribution in [0, 0.1) is 0 Å². The zero-order chi connectivity index (χ0) is 23.4. The fourth-order valence-corrected chi connectivity index (χ4v) is 4.34. The van der Waals surface area contributed by atoms with E-state index in [-0.39, 0.29) is 18.5 Å². The third kappa shape index (κ3) is 4.37. The van der Waals surface area contributed by atoms with E-state index in [0.717, 1.165) is 16.2 Å². The highest BCUT2D eigenvalue weighted by Gasteiger charge is 2.53. The van der Waals surface area contributed by atoms with E-state index in [1.807, 2.05) is 105 Å². The summed E-state index contributed by atoms with van der Waals surface area (Å²) in [7, 11) is 0. The second-order valence-electron chi connectivity index (χ2n) is 8.45. The van der Waals surface area contributed by atoms with Crippen LogP contribution in [0.15, 0.2) is 91.0 Å². The zero-order valence-corrected chi connectivity index (χ0v) is 18.8. The van der Waals surface area contributed by atoms with Crippen LogP contribution in [0.25, 0.3) is 0 Å². The highest BCUT2D eigenvalue weighted by molar-refractivity contribution is 6.11. The molecule has 6 heteroatoms. The molecule has 0 unspecified atom stereocenters. The van der Waals surface area contributed by atoms with E-state index in [2.05, 4.69) is 5.32 Å². The number of hydrogen-bond acceptors (Lipinski definition) is 3. The van der Waals surface area contributed by atoms with Gasteiger partial charge in [0.25, 0.3) is 5.91 Å². The molecule has 1 N–H and O–H groups in total. The molecule has 1 aliphatic heterocycles. The second kappa shape index (κ2) is 9.28. The quantitative estimate of drug-likeness (QED) is 0.561. The Morgan fingerprint density at radius 1 is 0.879 bits per heavy atom. The summed E-state index contributed by atoms with van der Waals surface area (Å²) in [4.78, 5) is 42.8. The van der Waals surface area contributed by atoms with E-state index in [0.29, 0.717) is 12.0 Å². The maximum absolute atomic E-state index is 13.8. The molecule has 3 aromatic carbocycles. The molecular formula is C27H27N3O3. The van der Waals surface area contributed by atoms with Crippen LogP contribution in [0.2, 0.25) is 0 Å². The van der Waals surface area contributed by atoms with Gasteiger partial charge in [-0.1, -0.05) is 78.9 Å². The molecule has 33 heavy (non-hydrogen) atoms. The van der Waals surface area contributed by atoms with Crippen molar-refractivity contribution in [3.05, 3.63) is 102 Å². The molecule has 1 aliphatic rings. The normalized spacial score (nSPS) is 17.8. The van der Waals surface area contributed by atoms with Crippen molar-refractivity contribution >= 4 is 23.5 Å². The summed E-state index contributed by atoms with van der Waals surface area (Å²) >= 11 is 0. The van der Waals surface area contributed by atoms with Gasteiger partial charge >= 0.3 is 6.03 Å². The summed E-state index contributed by atoms with van der Waals surface area (Å²) in [6.07, 6.45) is 0.291. The third-order valence-corrected chi connectivity index (χ3v) is 5.87. The summed E-state index contributed by atoms with van der Waals surface area (Å²) in [5.41, 5.74) is 1.06. The molecule has 4 rings (SSSR count). The first-order valence-electron chi connectivity index (χ1n) is 11.0. The average Bonchev–Trinajstić information content (AvgIpc) is 3.06. The molecule has 1 atom stereocenters. The first-order valence-corrected chi connectivity index (χ1v) is 11.0. The van der Waals surface area contributed by atoms with Crippen molar-refractivity contribution in [3.63, 3.8) is 0 Å². The molecule has 0 saturated carbocycles. The average molecular weight is 442 g/mol. The molecule has 0 aliphatic carbocycles. The summed E-state index contributed by atoms with van der Waals surface area (Å²) < 4.78 is 0. The van der Waals surface area contributed by atoms with Crippen LogP contribution in [0.3, 0.4) is 0 Å². The number of amides is 4. The smallest absolute Gasteiger partial charge is 0.319 e. The van der Waals surface area contributed by atoms with E-state index < -0.39 is 17.5 Å². The van der Waals surface area contributed by atoms with Crippen molar-refractivity contribution in [2.75, 3.05) is 11.4 Å². The summed E-state index contributed by atoms with van der Waals surface area (Å²) in [6.45, 7) is 3.47.